The van der Waals surface area contributed by atoms with Crippen LogP contribution in [-0.4, -0.2) is 11.9 Å². The Hall–Kier alpha value is -2.33. The summed E-state index contributed by atoms with van der Waals surface area (Å²) in [4.78, 5) is 12.2. The fraction of sp³-hybridized carbons (Fsp3) is 0.316. The van der Waals surface area contributed by atoms with Crippen LogP contribution >= 0.6 is 0 Å². The van der Waals surface area contributed by atoms with Crippen LogP contribution in [0.4, 0.5) is 5.69 Å². The van der Waals surface area contributed by atoms with Gasteiger partial charge in [0.25, 0.3) is 0 Å². The second-order valence-electron chi connectivity index (χ2n) is 6.42. The Kier molecular flexibility index (Phi) is 3.54. The van der Waals surface area contributed by atoms with Crippen LogP contribution in [0.3, 0.4) is 0 Å². The molecule has 1 fully saturated rings. The topological polar surface area (TPSA) is 68.3 Å². The molecule has 1 aromatic heterocycles. The number of rotatable bonds is 3. The number of hydrogen-bond acceptors (Lipinski definition) is 3. The lowest BCUT2D eigenvalue weighted by atomic mass is 10.00. The number of furan rings is 1. The highest BCUT2D eigenvalue weighted by Gasteiger charge is 2.26. The summed E-state index contributed by atoms with van der Waals surface area (Å²) in [6.45, 7) is 0. The average molecular weight is 308 g/mol. The molecule has 2 atom stereocenters. The van der Waals surface area contributed by atoms with Gasteiger partial charge < -0.3 is 15.5 Å². The molecule has 3 N–H and O–H groups in total. The Balaban J connectivity index is 1.54. The van der Waals surface area contributed by atoms with Gasteiger partial charge in [-0.05, 0) is 37.0 Å². The monoisotopic (exact) mass is 308 g/mol. The zero-order chi connectivity index (χ0) is 15.8. The second-order valence-corrected chi connectivity index (χ2v) is 6.42. The number of amides is 1. The van der Waals surface area contributed by atoms with E-state index in [0.717, 1.165) is 46.9 Å². The van der Waals surface area contributed by atoms with Gasteiger partial charge in [0.15, 0.2) is 0 Å². The molecule has 23 heavy (non-hydrogen) atoms. The molecular weight excluding hydrogens is 288 g/mol. The molecule has 0 spiro atoms. The molecule has 0 radical (unpaired) electrons. The van der Waals surface area contributed by atoms with Gasteiger partial charge in [-0.15, -0.1) is 0 Å². The molecule has 1 aliphatic carbocycles. The number of carbonyl (C=O) groups is 1. The van der Waals surface area contributed by atoms with Gasteiger partial charge in [-0.3, -0.25) is 4.79 Å². The van der Waals surface area contributed by atoms with Crippen LogP contribution in [-0.2, 0) is 4.79 Å². The van der Waals surface area contributed by atoms with E-state index in [1.165, 1.54) is 0 Å². The molecule has 4 rings (SSSR count). The summed E-state index contributed by atoms with van der Waals surface area (Å²) in [6, 6.07) is 13.9. The van der Waals surface area contributed by atoms with Crippen molar-refractivity contribution in [3.63, 3.8) is 0 Å². The van der Waals surface area contributed by atoms with Crippen molar-refractivity contribution in [2.75, 3.05) is 5.32 Å². The molecule has 0 saturated heterocycles. The Morgan fingerprint density at radius 1 is 1.13 bits per heavy atom. The molecule has 118 valence electrons. The van der Waals surface area contributed by atoms with Gasteiger partial charge in [0.2, 0.25) is 5.91 Å². The van der Waals surface area contributed by atoms with E-state index >= 15 is 0 Å². The predicted molar refractivity (Wildman–Crippen MR) is 92.3 cm³/mol. The lowest BCUT2D eigenvalue weighted by Crippen LogP contribution is -2.28. The van der Waals surface area contributed by atoms with Gasteiger partial charge in [0.1, 0.15) is 11.2 Å². The van der Waals surface area contributed by atoms with E-state index in [1.807, 2.05) is 42.5 Å². The van der Waals surface area contributed by atoms with Crippen molar-refractivity contribution < 1.29 is 9.21 Å². The smallest absolute Gasteiger partial charge is 0.224 e. The molecule has 4 nitrogen and oxygen atoms in total. The van der Waals surface area contributed by atoms with Crippen molar-refractivity contribution >= 4 is 33.5 Å². The standard InChI is InChI=1S/C19H20N2O2/c20-16-6-3-4-12(16)10-19(22)21-13-8-9-15-14-5-1-2-7-17(14)23-18(15)11-13/h1-2,5,7-9,11-12,16H,3-4,6,10,20H2,(H,21,22)/t12-,16+/m0/s1. The SMILES string of the molecule is N[C@@H]1CCC[C@H]1CC(=O)Nc1ccc2c(c1)oc1ccccc12. The maximum Gasteiger partial charge on any atom is 0.224 e. The second kappa shape index (κ2) is 5.70. The van der Waals surface area contributed by atoms with Crippen molar-refractivity contribution in [1.82, 2.24) is 0 Å². The van der Waals surface area contributed by atoms with Gasteiger partial charge in [0, 0.05) is 35.0 Å². The van der Waals surface area contributed by atoms with Crippen molar-refractivity contribution in [1.29, 1.82) is 0 Å². The number of para-hydroxylation sites is 1. The summed E-state index contributed by atoms with van der Waals surface area (Å²) in [5.74, 6) is 0.341. The van der Waals surface area contributed by atoms with Crippen molar-refractivity contribution in [3.8, 4) is 0 Å². The minimum atomic E-state index is 0.0304. The van der Waals surface area contributed by atoms with Crippen LogP contribution < -0.4 is 11.1 Å². The summed E-state index contributed by atoms with van der Waals surface area (Å²) in [7, 11) is 0. The molecular formula is C19H20N2O2. The van der Waals surface area contributed by atoms with Gasteiger partial charge in [-0.2, -0.15) is 0 Å². The summed E-state index contributed by atoms with van der Waals surface area (Å²) in [6.07, 6.45) is 3.71. The van der Waals surface area contributed by atoms with E-state index in [4.69, 9.17) is 10.2 Å². The van der Waals surface area contributed by atoms with Crippen molar-refractivity contribution in [3.05, 3.63) is 42.5 Å². The Morgan fingerprint density at radius 2 is 1.96 bits per heavy atom. The molecule has 0 unspecified atom stereocenters. The molecule has 0 bridgehead atoms. The summed E-state index contributed by atoms with van der Waals surface area (Å²) in [5.41, 5.74) is 8.47. The Morgan fingerprint density at radius 3 is 2.78 bits per heavy atom. The first kappa shape index (κ1) is 14.3. The number of anilines is 1. The number of benzene rings is 2. The first-order valence-corrected chi connectivity index (χ1v) is 8.17. The highest BCUT2D eigenvalue weighted by atomic mass is 16.3. The van der Waals surface area contributed by atoms with Crippen LogP contribution in [0.2, 0.25) is 0 Å². The van der Waals surface area contributed by atoms with Gasteiger partial charge in [-0.1, -0.05) is 24.6 Å². The van der Waals surface area contributed by atoms with Gasteiger partial charge >= 0.3 is 0 Å². The van der Waals surface area contributed by atoms with E-state index in [1.54, 1.807) is 0 Å². The molecule has 3 aromatic rings. The molecule has 0 aliphatic heterocycles. The minimum absolute atomic E-state index is 0.0304. The molecule has 4 heteroatoms. The number of hydrogen-bond donors (Lipinski definition) is 2. The predicted octanol–water partition coefficient (Wildman–Crippen LogP) is 4.04. The Labute approximate surface area is 134 Å². The van der Waals surface area contributed by atoms with Gasteiger partial charge in [-0.25, -0.2) is 0 Å². The largest absolute Gasteiger partial charge is 0.456 e. The molecule has 2 aromatic carbocycles. The molecule has 1 amide bonds. The quantitative estimate of drug-likeness (QED) is 0.767. The van der Waals surface area contributed by atoms with Crippen LogP contribution in [0, 0.1) is 5.92 Å². The number of nitrogens with two attached hydrogens (primary N) is 1. The van der Waals surface area contributed by atoms with Crippen LogP contribution in [0.25, 0.3) is 21.9 Å². The van der Waals surface area contributed by atoms with Crippen LogP contribution in [0.5, 0.6) is 0 Å². The van der Waals surface area contributed by atoms with Crippen LogP contribution in [0.1, 0.15) is 25.7 Å². The zero-order valence-corrected chi connectivity index (χ0v) is 12.9. The van der Waals surface area contributed by atoms with E-state index in [-0.39, 0.29) is 11.9 Å². The van der Waals surface area contributed by atoms with Gasteiger partial charge in [0.05, 0.1) is 0 Å². The third-order valence-corrected chi connectivity index (χ3v) is 4.83. The Bertz CT molecular complexity index is 868. The van der Waals surface area contributed by atoms with Crippen LogP contribution in [0.15, 0.2) is 46.9 Å². The highest BCUT2D eigenvalue weighted by molar-refractivity contribution is 6.06. The fourth-order valence-corrected chi connectivity index (χ4v) is 3.57. The number of fused-ring (bicyclic) bond motifs is 3. The van der Waals surface area contributed by atoms with E-state index in [2.05, 4.69) is 5.32 Å². The number of nitrogens with one attached hydrogen (secondary N) is 1. The maximum atomic E-state index is 12.2. The maximum absolute atomic E-state index is 12.2. The first-order chi connectivity index (χ1) is 11.2. The summed E-state index contributed by atoms with van der Waals surface area (Å²) >= 11 is 0. The van der Waals surface area contributed by atoms with E-state index in [9.17, 15) is 4.79 Å². The normalized spacial score (nSPS) is 21.1. The minimum Gasteiger partial charge on any atom is -0.456 e. The molecule has 1 aliphatic rings. The summed E-state index contributed by atoms with van der Waals surface area (Å²) in [5, 5.41) is 5.13. The fourth-order valence-electron chi connectivity index (χ4n) is 3.57. The van der Waals surface area contributed by atoms with E-state index < -0.39 is 0 Å². The summed E-state index contributed by atoms with van der Waals surface area (Å²) < 4.78 is 5.85. The first-order valence-electron chi connectivity index (χ1n) is 8.17. The zero-order valence-electron chi connectivity index (χ0n) is 12.9. The molecule has 1 heterocycles. The van der Waals surface area contributed by atoms with E-state index in [0.29, 0.717) is 12.3 Å². The third kappa shape index (κ3) is 2.70. The molecule has 1 saturated carbocycles. The average Bonchev–Trinajstić information content (AvgIpc) is 3.10. The van der Waals surface area contributed by atoms with Crippen molar-refractivity contribution in [2.24, 2.45) is 11.7 Å². The lowest BCUT2D eigenvalue weighted by molar-refractivity contribution is -0.117. The number of carbonyl (C=O) groups excluding carboxylic acids is 1. The lowest BCUT2D eigenvalue weighted by Gasteiger charge is -2.14. The highest BCUT2D eigenvalue weighted by Crippen LogP contribution is 2.31. The third-order valence-electron chi connectivity index (χ3n) is 4.83. The van der Waals surface area contributed by atoms with Crippen molar-refractivity contribution in [2.45, 2.75) is 31.7 Å².